The standard InChI is InChI=1S/C18H22N2O2S2/c21-24-11-7-20(8-12-24)16-3-1-14(2-4-16)17-13-19-18(23-17)15-5-9-22-10-6-15/h1-4,13,15H,5-12H2. The zero-order valence-electron chi connectivity index (χ0n) is 13.6. The average Bonchev–Trinajstić information content (AvgIpc) is 3.13. The van der Waals surface area contributed by atoms with E-state index >= 15 is 0 Å². The molecule has 2 aromatic rings. The maximum Gasteiger partial charge on any atom is 0.0963 e. The van der Waals surface area contributed by atoms with Crippen LogP contribution in [-0.2, 0) is 15.5 Å². The second kappa shape index (κ2) is 7.33. The van der Waals surface area contributed by atoms with E-state index in [1.54, 1.807) is 0 Å². The van der Waals surface area contributed by atoms with Gasteiger partial charge in [-0.1, -0.05) is 12.1 Å². The van der Waals surface area contributed by atoms with E-state index in [4.69, 9.17) is 4.74 Å². The van der Waals surface area contributed by atoms with E-state index < -0.39 is 10.8 Å². The van der Waals surface area contributed by atoms with Crippen LogP contribution in [0.2, 0.25) is 0 Å². The normalized spacial score (nSPS) is 20.4. The Morgan fingerprint density at radius 1 is 1.12 bits per heavy atom. The van der Waals surface area contributed by atoms with E-state index in [-0.39, 0.29) is 0 Å². The number of anilines is 1. The van der Waals surface area contributed by atoms with Gasteiger partial charge in [-0.05, 0) is 30.5 Å². The van der Waals surface area contributed by atoms with E-state index in [1.807, 2.05) is 17.5 Å². The summed E-state index contributed by atoms with van der Waals surface area (Å²) in [6.07, 6.45) is 4.18. The van der Waals surface area contributed by atoms with Gasteiger partial charge < -0.3 is 9.64 Å². The molecule has 1 aromatic carbocycles. The molecule has 0 radical (unpaired) electrons. The van der Waals surface area contributed by atoms with Gasteiger partial charge in [0, 0.05) is 66.4 Å². The van der Waals surface area contributed by atoms with E-state index in [1.165, 1.54) is 21.1 Å². The first-order chi connectivity index (χ1) is 11.8. The number of hydrogen-bond acceptors (Lipinski definition) is 5. The highest BCUT2D eigenvalue weighted by molar-refractivity contribution is 7.85. The van der Waals surface area contributed by atoms with Crippen molar-refractivity contribution in [3.05, 3.63) is 35.5 Å². The molecule has 6 heteroatoms. The summed E-state index contributed by atoms with van der Waals surface area (Å²) in [6, 6.07) is 8.72. The summed E-state index contributed by atoms with van der Waals surface area (Å²) in [7, 11) is -0.626. The molecule has 4 nitrogen and oxygen atoms in total. The maximum atomic E-state index is 11.5. The van der Waals surface area contributed by atoms with Crippen LogP contribution < -0.4 is 4.90 Å². The molecule has 0 saturated carbocycles. The van der Waals surface area contributed by atoms with Gasteiger partial charge >= 0.3 is 0 Å². The van der Waals surface area contributed by atoms with Gasteiger partial charge in [0.2, 0.25) is 0 Å². The fourth-order valence-corrected chi connectivity index (χ4v) is 5.43. The lowest BCUT2D eigenvalue weighted by atomic mass is 10.0. The second-order valence-electron chi connectivity index (χ2n) is 6.33. The molecule has 4 rings (SSSR count). The number of rotatable bonds is 3. The molecular weight excluding hydrogens is 340 g/mol. The van der Waals surface area contributed by atoms with Crippen molar-refractivity contribution in [1.29, 1.82) is 0 Å². The zero-order valence-corrected chi connectivity index (χ0v) is 15.3. The van der Waals surface area contributed by atoms with Crippen molar-refractivity contribution in [2.45, 2.75) is 18.8 Å². The first-order valence-electron chi connectivity index (χ1n) is 8.53. The Bertz CT molecular complexity index is 698. The van der Waals surface area contributed by atoms with Gasteiger partial charge in [-0.2, -0.15) is 0 Å². The highest BCUT2D eigenvalue weighted by Crippen LogP contribution is 2.35. The van der Waals surface area contributed by atoms with Gasteiger partial charge in [0.25, 0.3) is 0 Å². The summed E-state index contributed by atoms with van der Waals surface area (Å²) < 4.78 is 16.9. The third-order valence-corrected chi connectivity index (χ3v) is 7.27. The van der Waals surface area contributed by atoms with Crippen molar-refractivity contribution in [2.24, 2.45) is 0 Å². The number of hydrogen-bond donors (Lipinski definition) is 0. The monoisotopic (exact) mass is 362 g/mol. The molecule has 0 unspecified atom stereocenters. The van der Waals surface area contributed by atoms with Crippen molar-refractivity contribution in [1.82, 2.24) is 4.98 Å². The topological polar surface area (TPSA) is 42.4 Å². The summed E-state index contributed by atoms with van der Waals surface area (Å²) in [4.78, 5) is 8.22. The Hall–Kier alpha value is -1.24. The summed E-state index contributed by atoms with van der Waals surface area (Å²) in [5, 5.41) is 1.25. The Morgan fingerprint density at radius 2 is 1.83 bits per heavy atom. The molecule has 0 N–H and O–H groups in total. The lowest BCUT2D eigenvalue weighted by Gasteiger charge is -2.28. The van der Waals surface area contributed by atoms with Crippen molar-refractivity contribution in [2.75, 3.05) is 42.7 Å². The maximum absolute atomic E-state index is 11.5. The van der Waals surface area contributed by atoms with Crippen molar-refractivity contribution < 1.29 is 8.95 Å². The van der Waals surface area contributed by atoms with Crippen LogP contribution in [-0.4, -0.2) is 47.0 Å². The van der Waals surface area contributed by atoms with Crippen LogP contribution in [0.4, 0.5) is 5.69 Å². The van der Waals surface area contributed by atoms with Crippen molar-refractivity contribution >= 4 is 27.8 Å². The van der Waals surface area contributed by atoms with Crippen LogP contribution in [0, 0.1) is 0 Å². The lowest BCUT2D eigenvalue weighted by Crippen LogP contribution is -2.37. The van der Waals surface area contributed by atoms with Crippen LogP contribution in [0.25, 0.3) is 10.4 Å². The first kappa shape index (κ1) is 16.2. The van der Waals surface area contributed by atoms with Crippen LogP contribution in [0.5, 0.6) is 0 Å². The Morgan fingerprint density at radius 3 is 2.54 bits per heavy atom. The van der Waals surface area contributed by atoms with Crippen LogP contribution in [0.15, 0.2) is 30.5 Å². The molecular formula is C18H22N2O2S2. The van der Waals surface area contributed by atoms with E-state index in [9.17, 15) is 4.21 Å². The molecule has 0 atom stereocenters. The molecule has 3 heterocycles. The SMILES string of the molecule is O=S1CCN(c2ccc(-c3cnc(C4CCOCC4)s3)cc2)CC1. The minimum Gasteiger partial charge on any atom is -0.381 e. The molecule has 2 saturated heterocycles. The molecule has 2 aliphatic heterocycles. The molecule has 128 valence electrons. The van der Waals surface area contributed by atoms with Gasteiger partial charge in [-0.3, -0.25) is 4.21 Å². The van der Waals surface area contributed by atoms with E-state index in [0.29, 0.717) is 5.92 Å². The summed E-state index contributed by atoms with van der Waals surface area (Å²) in [5.41, 5.74) is 2.46. The van der Waals surface area contributed by atoms with Gasteiger partial charge in [-0.25, -0.2) is 4.98 Å². The summed E-state index contributed by atoms with van der Waals surface area (Å²) >= 11 is 1.81. The van der Waals surface area contributed by atoms with Gasteiger partial charge in [0.15, 0.2) is 0 Å². The number of thiazole rings is 1. The highest BCUT2D eigenvalue weighted by atomic mass is 32.2. The zero-order chi connectivity index (χ0) is 16.4. The first-order valence-corrected chi connectivity index (χ1v) is 10.8. The van der Waals surface area contributed by atoms with Crippen molar-refractivity contribution in [3.63, 3.8) is 0 Å². The number of ether oxygens (including phenoxy) is 1. The molecule has 0 bridgehead atoms. The molecule has 1 aromatic heterocycles. The van der Waals surface area contributed by atoms with E-state index in [0.717, 1.165) is 50.7 Å². The number of nitrogens with zero attached hydrogens (tertiary/aromatic N) is 2. The largest absolute Gasteiger partial charge is 0.381 e. The average molecular weight is 363 g/mol. The quantitative estimate of drug-likeness (QED) is 0.840. The van der Waals surface area contributed by atoms with Gasteiger partial charge in [0.1, 0.15) is 0 Å². The Labute approximate surface area is 149 Å². The Kier molecular flexibility index (Phi) is 4.96. The fraction of sp³-hybridized carbons (Fsp3) is 0.500. The van der Waals surface area contributed by atoms with Crippen LogP contribution in [0.3, 0.4) is 0 Å². The Balaban J connectivity index is 1.46. The summed E-state index contributed by atoms with van der Waals surface area (Å²) in [5.74, 6) is 2.13. The van der Waals surface area contributed by atoms with Gasteiger partial charge in [0.05, 0.1) is 9.88 Å². The third kappa shape index (κ3) is 3.55. The molecule has 0 amide bonds. The number of aromatic nitrogens is 1. The van der Waals surface area contributed by atoms with Crippen LogP contribution >= 0.6 is 11.3 Å². The molecule has 2 fully saturated rings. The lowest BCUT2D eigenvalue weighted by molar-refractivity contribution is 0.0853. The molecule has 2 aliphatic rings. The molecule has 0 spiro atoms. The van der Waals surface area contributed by atoms with Gasteiger partial charge in [-0.15, -0.1) is 11.3 Å². The molecule has 0 aliphatic carbocycles. The predicted octanol–water partition coefficient (Wildman–Crippen LogP) is 3.27. The minimum absolute atomic E-state index is 0.561. The number of benzene rings is 1. The fourth-order valence-electron chi connectivity index (χ4n) is 3.29. The minimum atomic E-state index is -0.626. The second-order valence-corrected chi connectivity index (χ2v) is 9.09. The van der Waals surface area contributed by atoms with Crippen LogP contribution in [0.1, 0.15) is 23.8 Å². The van der Waals surface area contributed by atoms with Crippen molar-refractivity contribution in [3.8, 4) is 10.4 Å². The highest BCUT2D eigenvalue weighted by Gasteiger charge is 2.20. The third-order valence-electron chi connectivity index (χ3n) is 4.79. The van der Waals surface area contributed by atoms with E-state index in [2.05, 4.69) is 34.1 Å². The summed E-state index contributed by atoms with van der Waals surface area (Å²) in [6.45, 7) is 3.49. The predicted molar refractivity (Wildman–Crippen MR) is 100 cm³/mol. The smallest absolute Gasteiger partial charge is 0.0963 e. The molecule has 24 heavy (non-hydrogen) atoms.